The average Bonchev–Trinajstić information content (AvgIpc) is 3.72. The Morgan fingerprint density at radius 1 is 0.974 bits per heavy atom. The fourth-order valence-corrected chi connectivity index (χ4v) is 3.92. The molecule has 0 aliphatic heterocycles. The third-order valence-electron chi connectivity index (χ3n) is 6.25. The standard InChI is InChI=1S/C29H38N4O5/c1-4-20-10-11-22(30-18-20)14-15-38-29(37)33-25(16-19(2)3)27(35)32-24(17-21-8-6-5-7-9-21)26(34)28(36)31-23-12-13-23/h5-11,18-19,23-25H,4,12-17H2,1-3H3,(H,31,36)(H,32,35)(H,33,37)/t24-,25-/m0/s1. The molecule has 3 amide bonds. The van der Waals surface area contributed by atoms with Crippen LogP contribution in [0.15, 0.2) is 48.7 Å². The van der Waals surface area contributed by atoms with Crippen LogP contribution in [0.3, 0.4) is 0 Å². The number of hydrogen-bond donors (Lipinski definition) is 3. The second-order valence-electron chi connectivity index (χ2n) is 10.1. The van der Waals surface area contributed by atoms with Crippen molar-refractivity contribution in [3.05, 3.63) is 65.5 Å². The number of rotatable bonds is 14. The fourth-order valence-electron chi connectivity index (χ4n) is 3.92. The molecule has 38 heavy (non-hydrogen) atoms. The Kier molecular flexibility index (Phi) is 10.8. The number of alkyl carbamates (subject to hydrolysis) is 1. The predicted octanol–water partition coefficient (Wildman–Crippen LogP) is 2.90. The molecule has 1 aromatic heterocycles. The quantitative estimate of drug-likeness (QED) is 0.328. The van der Waals surface area contributed by atoms with E-state index >= 15 is 0 Å². The van der Waals surface area contributed by atoms with Crippen LogP contribution < -0.4 is 16.0 Å². The number of carbonyl (C=O) groups excluding carboxylic acids is 4. The molecule has 3 rings (SSSR count). The molecule has 0 spiro atoms. The Hall–Kier alpha value is -3.75. The minimum Gasteiger partial charge on any atom is -0.449 e. The largest absolute Gasteiger partial charge is 0.449 e. The number of pyridine rings is 1. The summed E-state index contributed by atoms with van der Waals surface area (Å²) in [5.74, 6) is -1.88. The van der Waals surface area contributed by atoms with Crippen molar-refractivity contribution in [1.82, 2.24) is 20.9 Å². The summed E-state index contributed by atoms with van der Waals surface area (Å²) in [5, 5.41) is 8.04. The second-order valence-corrected chi connectivity index (χ2v) is 10.1. The van der Waals surface area contributed by atoms with E-state index in [2.05, 4.69) is 27.9 Å². The minimum atomic E-state index is -1.06. The molecule has 1 aliphatic rings. The number of carbonyl (C=O) groups is 4. The molecule has 2 atom stereocenters. The number of nitrogens with zero attached hydrogens (tertiary/aromatic N) is 1. The monoisotopic (exact) mass is 522 g/mol. The van der Waals surface area contributed by atoms with E-state index in [-0.39, 0.29) is 25.0 Å². The molecule has 1 aliphatic carbocycles. The van der Waals surface area contributed by atoms with Gasteiger partial charge in [-0.2, -0.15) is 0 Å². The van der Waals surface area contributed by atoms with Gasteiger partial charge in [0.15, 0.2) is 0 Å². The van der Waals surface area contributed by atoms with Gasteiger partial charge in [-0.15, -0.1) is 0 Å². The third-order valence-corrected chi connectivity index (χ3v) is 6.25. The van der Waals surface area contributed by atoms with Crippen LogP contribution >= 0.6 is 0 Å². The maximum atomic E-state index is 13.3. The number of Topliss-reactive ketones (excluding diaryl/α,β-unsaturated/α-hetero) is 1. The average molecular weight is 523 g/mol. The number of ether oxygens (including phenoxy) is 1. The fraction of sp³-hybridized carbons (Fsp3) is 0.483. The summed E-state index contributed by atoms with van der Waals surface area (Å²) < 4.78 is 5.30. The van der Waals surface area contributed by atoms with Crippen LogP contribution in [-0.4, -0.2) is 53.4 Å². The van der Waals surface area contributed by atoms with Crippen LogP contribution in [0.2, 0.25) is 0 Å². The molecule has 0 saturated heterocycles. The van der Waals surface area contributed by atoms with E-state index in [0.29, 0.717) is 12.8 Å². The number of nitrogens with one attached hydrogen (secondary N) is 3. The van der Waals surface area contributed by atoms with Crippen molar-refractivity contribution in [1.29, 1.82) is 0 Å². The third kappa shape index (κ3) is 9.61. The first-order valence-corrected chi connectivity index (χ1v) is 13.3. The van der Waals surface area contributed by atoms with Crippen LogP contribution in [0.1, 0.15) is 56.9 Å². The van der Waals surface area contributed by atoms with Gasteiger partial charge in [0.1, 0.15) is 12.1 Å². The van der Waals surface area contributed by atoms with E-state index in [1.165, 1.54) is 0 Å². The van der Waals surface area contributed by atoms with E-state index in [1.807, 2.05) is 56.3 Å². The van der Waals surface area contributed by atoms with Crippen LogP contribution in [0.5, 0.6) is 0 Å². The van der Waals surface area contributed by atoms with Crippen molar-refractivity contribution < 1.29 is 23.9 Å². The highest BCUT2D eigenvalue weighted by Crippen LogP contribution is 2.18. The lowest BCUT2D eigenvalue weighted by Gasteiger charge is -2.23. The molecular weight excluding hydrogens is 484 g/mol. The zero-order chi connectivity index (χ0) is 27.5. The smallest absolute Gasteiger partial charge is 0.407 e. The highest BCUT2D eigenvalue weighted by atomic mass is 16.5. The molecule has 1 heterocycles. The summed E-state index contributed by atoms with van der Waals surface area (Å²) in [6.45, 7) is 6.01. The van der Waals surface area contributed by atoms with Crippen LogP contribution in [-0.2, 0) is 38.4 Å². The van der Waals surface area contributed by atoms with E-state index in [9.17, 15) is 19.2 Å². The van der Waals surface area contributed by atoms with Gasteiger partial charge in [0.2, 0.25) is 11.7 Å². The normalized spacial score (nSPS) is 14.3. The molecule has 1 fully saturated rings. The Morgan fingerprint density at radius 3 is 2.32 bits per heavy atom. The van der Waals surface area contributed by atoms with Gasteiger partial charge in [-0.25, -0.2) is 4.79 Å². The molecule has 2 aromatic rings. The second kappa shape index (κ2) is 14.3. The van der Waals surface area contributed by atoms with E-state index in [1.54, 1.807) is 6.20 Å². The zero-order valence-electron chi connectivity index (χ0n) is 22.4. The number of ketones is 1. The van der Waals surface area contributed by atoms with E-state index < -0.39 is 35.8 Å². The molecule has 204 valence electrons. The van der Waals surface area contributed by atoms with Crippen molar-refractivity contribution >= 4 is 23.7 Å². The lowest BCUT2D eigenvalue weighted by atomic mass is 9.99. The maximum Gasteiger partial charge on any atom is 0.407 e. The molecular formula is C29H38N4O5. The van der Waals surface area contributed by atoms with Gasteiger partial charge in [-0.3, -0.25) is 19.4 Å². The summed E-state index contributed by atoms with van der Waals surface area (Å²) >= 11 is 0. The van der Waals surface area contributed by atoms with Gasteiger partial charge in [-0.1, -0.05) is 57.2 Å². The highest BCUT2D eigenvalue weighted by Gasteiger charge is 2.33. The summed E-state index contributed by atoms with van der Waals surface area (Å²) in [6, 6.07) is 11.1. The molecule has 1 aromatic carbocycles. The van der Waals surface area contributed by atoms with Crippen molar-refractivity contribution in [2.45, 2.75) is 77.4 Å². The molecule has 3 N–H and O–H groups in total. The van der Waals surface area contributed by atoms with Gasteiger partial charge in [0, 0.05) is 30.8 Å². The Labute approximate surface area is 224 Å². The molecule has 9 nitrogen and oxygen atoms in total. The van der Waals surface area contributed by atoms with Gasteiger partial charge in [-0.05, 0) is 48.8 Å². The molecule has 9 heteroatoms. The van der Waals surface area contributed by atoms with Gasteiger partial charge < -0.3 is 20.7 Å². The van der Waals surface area contributed by atoms with Gasteiger partial charge >= 0.3 is 6.09 Å². The summed E-state index contributed by atoms with van der Waals surface area (Å²) in [4.78, 5) is 55.6. The summed E-state index contributed by atoms with van der Waals surface area (Å²) in [7, 11) is 0. The Balaban J connectivity index is 1.61. The summed E-state index contributed by atoms with van der Waals surface area (Å²) in [5.41, 5.74) is 2.74. The van der Waals surface area contributed by atoms with Crippen molar-refractivity contribution in [2.24, 2.45) is 5.92 Å². The number of aromatic nitrogens is 1. The number of benzene rings is 1. The first kappa shape index (κ1) is 28.8. The van der Waals surface area contributed by atoms with E-state index in [0.717, 1.165) is 36.1 Å². The zero-order valence-corrected chi connectivity index (χ0v) is 22.4. The highest BCUT2D eigenvalue weighted by molar-refractivity contribution is 6.38. The molecule has 0 bridgehead atoms. The van der Waals surface area contributed by atoms with Crippen molar-refractivity contribution in [2.75, 3.05) is 6.61 Å². The van der Waals surface area contributed by atoms with E-state index in [4.69, 9.17) is 4.74 Å². The first-order valence-electron chi connectivity index (χ1n) is 13.3. The van der Waals surface area contributed by atoms with Crippen LogP contribution in [0.25, 0.3) is 0 Å². The molecule has 1 saturated carbocycles. The first-order chi connectivity index (χ1) is 18.2. The van der Waals surface area contributed by atoms with Crippen molar-refractivity contribution in [3.8, 4) is 0 Å². The molecule has 0 unspecified atom stereocenters. The topological polar surface area (TPSA) is 126 Å². The Bertz CT molecular complexity index is 1080. The lowest BCUT2D eigenvalue weighted by molar-refractivity contribution is -0.140. The maximum absolute atomic E-state index is 13.3. The van der Waals surface area contributed by atoms with Gasteiger partial charge in [0.25, 0.3) is 5.91 Å². The number of hydrogen-bond acceptors (Lipinski definition) is 6. The van der Waals surface area contributed by atoms with Crippen LogP contribution in [0.4, 0.5) is 4.79 Å². The predicted molar refractivity (Wildman–Crippen MR) is 143 cm³/mol. The Morgan fingerprint density at radius 2 is 1.71 bits per heavy atom. The van der Waals surface area contributed by atoms with Crippen LogP contribution in [0, 0.1) is 5.92 Å². The number of amides is 3. The number of aryl methyl sites for hydroxylation is 1. The minimum absolute atomic E-state index is 0.0180. The summed E-state index contributed by atoms with van der Waals surface area (Å²) in [6.07, 6.45) is 4.60. The van der Waals surface area contributed by atoms with Crippen molar-refractivity contribution in [3.63, 3.8) is 0 Å². The van der Waals surface area contributed by atoms with Gasteiger partial charge in [0.05, 0.1) is 6.61 Å². The lowest BCUT2D eigenvalue weighted by Crippen LogP contribution is -2.55. The molecule has 0 radical (unpaired) electrons. The SMILES string of the molecule is CCc1ccc(CCOC(=O)N[C@@H](CC(C)C)C(=O)N[C@@H](Cc2ccccc2)C(=O)C(=O)NC2CC2)nc1.